The molecule has 0 saturated carbocycles. The normalized spacial score (nSPS) is 12.9. The van der Waals surface area contributed by atoms with Gasteiger partial charge in [0, 0.05) is 5.92 Å². The Morgan fingerprint density at radius 3 is 2.27 bits per heavy atom. The molecule has 0 heterocycles. The SMILES string of the molecule is C=C(O)C(CCC)CCCC. The Morgan fingerprint density at radius 2 is 1.91 bits per heavy atom. The fourth-order valence-electron chi connectivity index (χ4n) is 1.28. The van der Waals surface area contributed by atoms with Crippen LogP contribution < -0.4 is 0 Å². The summed E-state index contributed by atoms with van der Waals surface area (Å²) < 4.78 is 0. The van der Waals surface area contributed by atoms with E-state index in [4.69, 9.17) is 0 Å². The zero-order chi connectivity index (χ0) is 8.69. The minimum Gasteiger partial charge on any atom is -0.513 e. The van der Waals surface area contributed by atoms with E-state index in [1.54, 1.807) is 0 Å². The summed E-state index contributed by atoms with van der Waals surface area (Å²) in [6.07, 6.45) is 5.71. The maximum atomic E-state index is 9.18. The standard InChI is InChI=1S/C10H20O/c1-4-6-8-10(7-5-2)9(3)11/h10-11H,3-8H2,1-2H3. The highest BCUT2D eigenvalue weighted by Gasteiger charge is 2.08. The Kier molecular flexibility index (Phi) is 6.00. The predicted molar refractivity (Wildman–Crippen MR) is 49.7 cm³/mol. The van der Waals surface area contributed by atoms with Crippen molar-refractivity contribution in [2.45, 2.75) is 46.0 Å². The molecular weight excluding hydrogens is 136 g/mol. The average Bonchev–Trinajstić information content (AvgIpc) is 1.97. The number of allylic oxidation sites excluding steroid dienone is 1. The van der Waals surface area contributed by atoms with E-state index in [0.717, 1.165) is 19.3 Å². The third-order valence-electron chi connectivity index (χ3n) is 2.01. The second kappa shape index (κ2) is 6.26. The molecule has 0 aromatic heterocycles. The fraction of sp³-hybridized carbons (Fsp3) is 0.800. The summed E-state index contributed by atoms with van der Waals surface area (Å²) in [6, 6.07) is 0. The summed E-state index contributed by atoms with van der Waals surface area (Å²) in [5.41, 5.74) is 0. The molecule has 1 heteroatoms. The molecule has 0 amide bonds. The van der Waals surface area contributed by atoms with E-state index < -0.39 is 0 Å². The van der Waals surface area contributed by atoms with Crippen LogP contribution in [0.2, 0.25) is 0 Å². The average molecular weight is 156 g/mol. The van der Waals surface area contributed by atoms with E-state index in [-0.39, 0.29) is 0 Å². The number of unbranched alkanes of at least 4 members (excludes halogenated alkanes) is 1. The molecule has 0 aliphatic carbocycles. The van der Waals surface area contributed by atoms with Crippen molar-refractivity contribution < 1.29 is 5.11 Å². The van der Waals surface area contributed by atoms with Crippen molar-refractivity contribution in [3.05, 3.63) is 12.3 Å². The molecule has 0 rings (SSSR count). The first-order valence-corrected chi connectivity index (χ1v) is 4.60. The van der Waals surface area contributed by atoms with Crippen molar-refractivity contribution in [3.63, 3.8) is 0 Å². The summed E-state index contributed by atoms with van der Waals surface area (Å²) in [4.78, 5) is 0. The van der Waals surface area contributed by atoms with E-state index in [1.165, 1.54) is 12.8 Å². The molecule has 0 aliphatic heterocycles. The third-order valence-corrected chi connectivity index (χ3v) is 2.01. The molecule has 1 N–H and O–H groups in total. The summed E-state index contributed by atoms with van der Waals surface area (Å²) >= 11 is 0. The van der Waals surface area contributed by atoms with Crippen LogP contribution in [0.15, 0.2) is 12.3 Å². The molecule has 0 saturated heterocycles. The van der Waals surface area contributed by atoms with Crippen LogP contribution in [0.5, 0.6) is 0 Å². The molecule has 0 spiro atoms. The number of rotatable bonds is 6. The summed E-state index contributed by atoms with van der Waals surface area (Å²) in [5.74, 6) is 0.722. The van der Waals surface area contributed by atoms with Crippen molar-refractivity contribution in [3.8, 4) is 0 Å². The molecule has 0 aromatic carbocycles. The van der Waals surface area contributed by atoms with Crippen LogP contribution in [-0.4, -0.2) is 5.11 Å². The zero-order valence-electron chi connectivity index (χ0n) is 7.77. The molecule has 0 aromatic rings. The van der Waals surface area contributed by atoms with Crippen molar-refractivity contribution in [2.75, 3.05) is 0 Å². The minimum atomic E-state index is 0.347. The number of aliphatic hydroxyl groups is 1. The fourth-order valence-corrected chi connectivity index (χ4v) is 1.28. The Balaban J connectivity index is 3.60. The molecule has 0 fully saturated rings. The predicted octanol–water partition coefficient (Wildman–Crippen LogP) is 3.66. The Morgan fingerprint density at radius 1 is 1.27 bits per heavy atom. The van der Waals surface area contributed by atoms with E-state index in [0.29, 0.717) is 11.7 Å². The largest absolute Gasteiger partial charge is 0.513 e. The first-order valence-electron chi connectivity index (χ1n) is 4.60. The van der Waals surface area contributed by atoms with Gasteiger partial charge in [-0.15, -0.1) is 0 Å². The first-order chi connectivity index (χ1) is 5.22. The van der Waals surface area contributed by atoms with Crippen LogP contribution in [0.4, 0.5) is 0 Å². The maximum Gasteiger partial charge on any atom is 0.0881 e. The highest BCUT2D eigenvalue weighted by atomic mass is 16.3. The van der Waals surface area contributed by atoms with Gasteiger partial charge in [-0.05, 0) is 12.8 Å². The van der Waals surface area contributed by atoms with Crippen LogP contribution in [0.1, 0.15) is 46.0 Å². The molecule has 0 bridgehead atoms. The van der Waals surface area contributed by atoms with E-state index in [2.05, 4.69) is 20.4 Å². The molecule has 11 heavy (non-hydrogen) atoms. The monoisotopic (exact) mass is 156 g/mol. The minimum absolute atomic E-state index is 0.347. The van der Waals surface area contributed by atoms with Crippen LogP contribution in [0, 0.1) is 5.92 Å². The quantitative estimate of drug-likeness (QED) is 0.582. The van der Waals surface area contributed by atoms with Crippen LogP contribution in [0.3, 0.4) is 0 Å². The lowest BCUT2D eigenvalue weighted by molar-refractivity contribution is 0.304. The Bertz CT molecular complexity index is 107. The Hall–Kier alpha value is -0.460. The summed E-state index contributed by atoms with van der Waals surface area (Å²) in [5, 5.41) is 9.18. The van der Waals surface area contributed by atoms with Gasteiger partial charge in [-0.2, -0.15) is 0 Å². The number of aliphatic hydroxyl groups excluding tert-OH is 1. The molecule has 66 valence electrons. The molecule has 1 atom stereocenters. The Labute approximate surface area is 70.1 Å². The van der Waals surface area contributed by atoms with E-state index in [9.17, 15) is 5.11 Å². The molecule has 1 nitrogen and oxygen atoms in total. The second-order valence-corrected chi connectivity index (χ2v) is 3.12. The van der Waals surface area contributed by atoms with E-state index in [1.807, 2.05) is 0 Å². The lowest BCUT2D eigenvalue weighted by Gasteiger charge is -2.13. The van der Waals surface area contributed by atoms with Gasteiger partial charge in [-0.1, -0.05) is 39.7 Å². The van der Waals surface area contributed by atoms with Gasteiger partial charge in [0.05, 0.1) is 5.76 Å². The van der Waals surface area contributed by atoms with E-state index >= 15 is 0 Å². The van der Waals surface area contributed by atoms with Crippen molar-refractivity contribution in [1.29, 1.82) is 0 Å². The van der Waals surface area contributed by atoms with Gasteiger partial charge in [0.15, 0.2) is 0 Å². The van der Waals surface area contributed by atoms with Gasteiger partial charge in [0.2, 0.25) is 0 Å². The highest BCUT2D eigenvalue weighted by molar-refractivity contribution is 4.87. The van der Waals surface area contributed by atoms with Gasteiger partial charge in [0.1, 0.15) is 0 Å². The first kappa shape index (κ1) is 10.5. The molecule has 0 aliphatic rings. The number of hydrogen-bond acceptors (Lipinski definition) is 1. The molecular formula is C10H20O. The lowest BCUT2D eigenvalue weighted by Crippen LogP contribution is -2.02. The van der Waals surface area contributed by atoms with Crippen molar-refractivity contribution in [1.82, 2.24) is 0 Å². The van der Waals surface area contributed by atoms with Crippen LogP contribution >= 0.6 is 0 Å². The highest BCUT2D eigenvalue weighted by Crippen LogP contribution is 2.19. The van der Waals surface area contributed by atoms with Gasteiger partial charge in [0.25, 0.3) is 0 Å². The second-order valence-electron chi connectivity index (χ2n) is 3.12. The van der Waals surface area contributed by atoms with Crippen molar-refractivity contribution in [2.24, 2.45) is 5.92 Å². The van der Waals surface area contributed by atoms with Crippen molar-refractivity contribution >= 4 is 0 Å². The molecule has 0 radical (unpaired) electrons. The smallest absolute Gasteiger partial charge is 0.0881 e. The van der Waals surface area contributed by atoms with Crippen LogP contribution in [-0.2, 0) is 0 Å². The topological polar surface area (TPSA) is 20.2 Å². The number of hydrogen-bond donors (Lipinski definition) is 1. The van der Waals surface area contributed by atoms with Gasteiger partial charge < -0.3 is 5.11 Å². The van der Waals surface area contributed by atoms with Gasteiger partial charge in [-0.25, -0.2) is 0 Å². The molecule has 1 unspecified atom stereocenters. The zero-order valence-corrected chi connectivity index (χ0v) is 7.77. The maximum absolute atomic E-state index is 9.18. The van der Waals surface area contributed by atoms with Gasteiger partial charge >= 0.3 is 0 Å². The summed E-state index contributed by atoms with van der Waals surface area (Å²) in [6.45, 7) is 7.89. The third kappa shape index (κ3) is 4.88. The lowest BCUT2D eigenvalue weighted by atomic mass is 9.96. The summed E-state index contributed by atoms with van der Waals surface area (Å²) in [7, 11) is 0. The van der Waals surface area contributed by atoms with Gasteiger partial charge in [-0.3, -0.25) is 0 Å². The van der Waals surface area contributed by atoms with Crippen LogP contribution in [0.25, 0.3) is 0 Å².